The summed E-state index contributed by atoms with van der Waals surface area (Å²) in [6.07, 6.45) is 0. The average Bonchev–Trinajstić information content (AvgIpc) is 2.51. The van der Waals surface area contributed by atoms with Gasteiger partial charge in [-0.25, -0.2) is 0 Å². The number of nitrogens with one attached hydrogen (secondary N) is 2. The molecule has 0 bridgehead atoms. The number of rotatable bonds is 3. The van der Waals surface area contributed by atoms with Crippen molar-refractivity contribution in [3.63, 3.8) is 0 Å². The Bertz CT molecular complexity index is 567. The zero-order chi connectivity index (χ0) is 17.0. The van der Waals surface area contributed by atoms with Gasteiger partial charge in [0.1, 0.15) is 0 Å². The fraction of sp³-hybridized carbons (Fsp3) is 0.556. The fourth-order valence-electron chi connectivity index (χ4n) is 2.51. The minimum absolute atomic E-state index is 0. The van der Waals surface area contributed by atoms with E-state index < -0.39 is 0 Å². The van der Waals surface area contributed by atoms with Gasteiger partial charge in [-0.2, -0.15) is 0 Å². The molecule has 1 heterocycles. The highest BCUT2D eigenvalue weighted by atomic mass is 35.5. The number of benzene rings is 1. The number of carbonyl (C=O) groups excluding carboxylic acids is 2. The van der Waals surface area contributed by atoms with Gasteiger partial charge in [-0.05, 0) is 36.6 Å². The van der Waals surface area contributed by atoms with Gasteiger partial charge in [0.05, 0.1) is 0 Å². The number of hydrogen-bond donors (Lipinski definition) is 2. The van der Waals surface area contributed by atoms with Gasteiger partial charge >= 0.3 is 0 Å². The van der Waals surface area contributed by atoms with E-state index in [9.17, 15) is 9.59 Å². The van der Waals surface area contributed by atoms with E-state index in [0.29, 0.717) is 30.3 Å². The second-order valence-electron chi connectivity index (χ2n) is 7.43. The van der Waals surface area contributed by atoms with E-state index in [1.54, 1.807) is 24.3 Å². The van der Waals surface area contributed by atoms with E-state index in [1.807, 2.05) is 4.90 Å². The second-order valence-corrected chi connectivity index (χ2v) is 7.43. The van der Waals surface area contributed by atoms with Gasteiger partial charge in [-0.15, -0.1) is 12.4 Å². The van der Waals surface area contributed by atoms with E-state index in [-0.39, 0.29) is 29.6 Å². The third-order valence-electron chi connectivity index (χ3n) is 3.83. The fourth-order valence-corrected chi connectivity index (χ4v) is 2.51. The highest BCUT2D eigenvalue weighted by Crippen LogP contribution is 2.12. The molecule has 1 saturated heterocycles. The Hall–Kier alpha value is -1.59. The molecule has 0 aromatic heterocycles. The molecule has 1 fully saturated rings. The first kappa shape index (κ1) is 20.5. The summed E-state index contributed by atoms with van der Waals surface area (Å²) in [7, 11) is 0. The predicted molar refractivity (Wildman–Crippen MR) is 98.8 cm³/mol. The van der Waals surface area contributed by atoms with Crippen LogP contribution in [0.3, 0.4) is 0 Å². The number of piperazine rings is 1. The van der Waals surface area contributed by atoms with Crippen molar-refractivity contribution in [3.05, 3.63) is 35.4 Å². The Balaban J connectivity index is 0.00000288. The van der Waals surface area contributed by atoms with E-state index >= 15 is 0 Å². The van der Waals surface area contributed by atoms with Gasteiger partial charge in [-0.1, -0.05) is 20.8 Å². The second kappa shape index (κ2) is 8.49. The summed E-state index contributed by atoms with van der Waals surface area (Å²) >= 11 is 0. The van der Waals surface area contributed by atoms with Crippen LogP contribution in [0.1, 0.15) is 48.4 Å². The molecule has 0 saturated carbocycles. The lowest BCUT2D eigenvalue weighted by Crippen LogP contribution is -2.51. The number of hydrogen-bond acceptors (Lipinski definition) is 3. The smallest absolute Gasteiger partial charge is 0.253 e. The number of halogens is 1. The molecule has 2 rings (SSSR count). The first-order valence-corrected chi connectivity index (χ1v) is 8.17. The molecule has 0 radical (unpaired) electrons. The van der Waals surface area contributed by atoms with Gasteiger partial charge in [0.15, 0.2) is 0 Å². The standard InChI is InChI=1S/C18H27N3O2.ClH/c1-13-11-21(10-9-19-13)17(23)15-7-5-14(6-8-15)16(22)20-12-18(2,3)4;/h5-8,13,19H,9-12H2,1-4H3,(H,20,22);1H. The molecule has 1 aliphatic heterocycles. The monoisotopic (exact) mass is 353 g/mol. The topological polar surface area (TPSA) is 61.4 Å². The Morgan fingerprint density at radius 2 is 1.79 bits per heavy atom. The third-order valence-corrected chi connectivity index (χ3v) is 3.83. The largest absolute Gasteiger partial charge is 0.352 e. The summed E-state index contributed by atoms with van der Waals surface area (Å²) in [4.78, 5) is 26.4. The van der Waals surface area contributed by atoms with Crippen LogP contribution in [0, 0.1) is 5.41 Å². The molecule has 0 aliphatic carbocycles. The van der Waals surface area contributed by atoms with E-state index in [4.69, 9.17) is 0 Å². The molecule has 134 valence electrons. The summed E-state index contributed by atoms with van der Waals surface area (Å²) in [6.45, 7) is 11.2. The normalized spacial score (nSPS) is 17.8. The molecule has 1 atom stereocenters. The maximum Gasteiger partial charge on any atom is 0.253 e. The van der Waals surface area contributed by atoms with Gasteiger partial charge in [-0.3, -0.25) is 9.59 Å². The zero-order valence-corrected chi connectivity index (χ0v) is 15.7. The van der Waals surface area contributed by atoms with Crippen molar-refractivity contribution in [3.8, 4) is 0 Å². The van der Waals surface area contributed by atoms with Crippen LogP contribution < -0.4 is 10.6 Å². The molecule has 24 heavy (non-hydrogen) atoms. The van der Waals surface area contributed by atoms with E-state index in [2.05, 4.69) is 38.3 Å². The van der Waals surface area contributed by atoms with Gasteiger partial charge in [0.2, 0.25) is 0 Å². The Kier molecular flexibility index (Phi) is 7.24. The minimum atomic E-state index is -0.102. The lowest BCUT2D eigenvalue weighted by atomic mass is 9.97. The summed E-state index contributed by atoms with van der Waals surface area (Å²) in [6, 6.07) is 7.23. The molecule has 1 aromatic rings. The van der Waals surface area contributed by atoms with Crippen LogP contribution in [0.2, 0.25) is 0 Å². The third kappa shape index (κ3) is 5.80. The lowest BCUT2D eigenvalue weighted by Gasteiger charge is -2.32. The molecule has 2 amide bonds. The summed E-state index contributed by atoms with van der Waals surface area (Å²) in [5.74, 6) is -0.0743. The maximum atomic E-state index is 12.5. The lowest BCUT2D eigenvalue weighted by molar-refractivity contribution is 0.0708. The first-order chi connectivity index (χ1) is 10.8. The number of carbonyl (C=O) groups is 2. The van der Waals surface area contributed by atoms with Crippen molar-refractivity contribution in [2.24, 2.45) is 5.41 Å². The van der Waals surface area contributed by atoms with E-state index in [0.717, 1.165) is 13.1 Å². The average molecular weight is 354 g/mol. The van der Waals surface area contributed by atoms with Crippen LogP contribution >= 0.6 is 12.4 Å². The maximum absolute atomic E-state index is 12.5. The summed E-state index contributed by atoms with van der Waals surface area (Å²) in [5.41, 5.74) is 1.26. The quantitative estimate of drug-likeness (QED) is 0.876. The van der Waals surface area contributed by atoms with Crippen molar-refractivity contribution >= 4 is 24.2 Å². The highest BCUT2D eigenvalue weighted by Gasteiger charge is 2.21. The van der Waals surface area contributed by atoms with Crippen LogP contribution in [0.4, 0.5) is 0 Å². The van der Waals surface area contributed by atoms with Crippen LogP contribution in [-0.2, 0) is 0 Å². The number of amides is 2. The molecule has 1 aliphatic rings. The van der Waals surface area contributed by atoms with Crippen molar-refractivity contribution in [2.45, 2.75) is 33.7 Å². The molecule has 6 heteroatoms. The van der Waals surface area contributed by atoms with Crippen molar-refractivity contribution in [1.82, 2.24) is 15.5 Å². The van der Waals surface area contributed by atoms with Gasteiger partial charge in [0, 0.05) is 43.3 Å². The molecule has 0 spiro atoms. The Morgan fingerprint density at radius 3 is 2.33 bits per heavy atom. The van der Waals surface area contributed by atoms with Crippen LogP contribution in [0.15, 0.2) is 24.3 Å². The minimum Gasteiger partial charge on any atom is -0.352 e. The molecule has 5 nitrogen and oxygen atoms in total. The SMILES string of the molecule is CC1CN(C(=O)c2ccc(C(=O)NCC(C)(C)C)cc2)CCN1.Cl. The van der Waals surface area contributed by atoms with E-state index in [1.165, 1.54) is 0 Å². The van der Waals surface area contributed by atoms with Crippen LogP contribution in [0.5, 0.6) is 0 Å². The number of nitrogens with zero attached hydrogens (tertiary/aromatic N) is 1. The molecular weight excluding hydrogens is 326 g/mol. The van der Waals surface area contributed by atoms with Crippen molar-refractivity contribution < 1.29 is 9.59 Å². The van der Waals surface area contributed by atoms with Crippen molar-refractivity contribution in [2.75, 3.05) is 26.2 Å². The molecular formula is C18H28ClN3O2. The van der Waals surface area contributed by atoms with Gasteiger partial charge in [0.25, 0.3) is 11.8 Å². The van der Waals surface area contributed by atoms with Gasteiger partial charge < -0.3 is 15.5 Å². The first-order valence-electron chi connectivity index (χ1n) is 8.17. The van der Waals surface area contributed by atoms with Crippen molar-refractivity contribution in [1.29, 1.82) is 0 Å². The Morgan fingerprint density at radius 1 is 1.21 bits per heavy atom. The van der Waals surface area contributed by atoms with Crippen LogP contribution in [-0.4, -0.2) is 48.9 Å². The zero-order valence-electron chi connectivity index (χ0n) is 14.9. The van der Waals surface area contributed by atoms with Crippen LogP contribution in [0.25, 0.3) is 0 Å². The molecule has 2 N–H and O–H groups in total. The summed E-state index contributed by atoms with van der Waals surface area (Å²) < 4.78 is 0. The molecule has 1 aromatic carbocycles. The Labute approximate surface area is 150 Å². The summed E-state index contributed by atoms with van der Waals surface area (Å²) in [5, 5.41) is 6.24. The predicted octanol–water partition coefficient (Wildman–Crippen LogP) is 2.32. The highest BCUT2D eigenvalue weighted by molar-refractivity contribution is 5.97. The molecule has 1 unspecified atom stereocenters.